The summed E-state index contributed by atoms with van der Waals surface area (Å²) in [7, 11) is 3.24. The highest BCUT2D eigenvalue weighted by Gasteiger charge is 2.08. The van der Waals surface area contributed by atoms with Gasteiger partial charge in [0.25, 0.3) is 5.91 Å². The molecule has 0 unspecified atom stereocenters. The number of halogens is 1. The van der Waals surface area contributed by atoms with E-state index in [1.165, 1.54) is 0 Å². The van der Waals surface area contributed by atoms with Crippen LogP contribution in [0.25, 0.3) is 0 Å². The van der Waals surface area contributed by atoms with Crippen LogP contribution in [0.3, 0.4) is 0 Å². The van der Waals surface area contributed by atoms with E-state index in [1.807, 2.05) is 18.2 Å². The lowest BCUT2D eigenvalue weighted by Crippen LogP contribution is -2.25. The highest BCUT2D eigenvalue weighted by atomic mass is 35.5. The van der Waals surface area contributed by atoms with E-state index >= 15 is 0 Å². The van der Waals surface area contributed by atoms with Crippen LogP contribution in [0.4, 0.5) is 0 Å². The first kappa shape index (κ1) is 16.2. The predicted octanol–water partition coefficient (Wildman–Crippen LogP) is 3.33. The van der Waals surface area contributed by atoms with Gasteiger partial charge in [-0.1, -0.05) is 11.6 Å². The molecule has 0 saturated heterocycles. The van der Waals surface area contributed by atoms with Crippen LogP contribution in [0.5, 0.6) is 11.5 Å². The Morgan fingerprint density at radius 3 is 2.45 bits per heavy atom. The third-order valence-electron chi connectivity index (χ3n) is 3.27. The minimum Gasteiger partial charge on any atom is -0.497 e. The Morgan fingerprint density at radius 1 is 1.09 bits per heavy atom. The molecule has 0 aromatic heterocycles. The molecule has 0 aliphatic rings. The minimum absolute atomic E-state index is 0.126. The van der Waals surface area contributed by atoms with Crippen molar-refractivity contribution in [1.82, 2.24) is 5.32 Å². The first-order chi connectivity index (χ1) is 10.6. The fourth-order valence-corrected chi connectivity index (χ4v) is 2.22. The zero-order chi connectivity index (χ0) is 15.9. The van der Waals surface area contributed by atoms with Gasteiger partial charge in [0, 0.05) is 17.1 Å². The number of methoxy groups -OCH3 is 2. The third-order valence-corrected chi connectivity index (χ3v) is 3.53. The average Bonchev–Trinajstić information content (AvgIpc) is 2.55. The van der Waals surface area contributed by atoms with Crippen molar-refractivity contribution in [3.05, 3.63) is 58.6 Å². The normalized spacial score (nSPS) is 10.1. The monoisotopic (exact) mass is 319 g/mol. The highest BCUT2D eigenvalue weighted by molar-refractivity contribution is 6.30. The zero-order valence-electron chi connectivity index (χ0n) is 12.6. The van der Waals surface area contributed by atoms with E-state index in [4.69, 9.17) is 21.1 Å². The van der Waals surface area contributed by atoms with Crippen LogP contribution in [0, 0.1) is 0 Å². The van der Waals surface area contributed by atoms with Crippen LogP contribution >= 0.6 is 11.6 Å². The Morgan fingerprint density at radius 2 is 1.82 bits per heavy atom. The van der Waals surface area contributed by atoms with E-state index < -0.39 is 0 Å². The van der Waals surface area contributed by atoms with Crippen LogP contribution in [0.2, 0.25) is 5.02 Å². The largest absolute Gasteiger partial charge is 0.497 e. The van der Waals surface area contributed by atoms with Gasteiger partial charge in [0.1, 0.15) is 11.5 Å². The van der Waals surface area contributed by atoms with Crippen molar-refractivity contribution in [3.63, 3.8) is 0 Å². The van der Waals surface area contributed by atoms with Gasteiger partial charge in [-0.25, -0.2) is 0 Å². The topological polar surface area (TPSA) is 47.6 Å². The van der Waals surface area contributed by atoms with E-state index in [1.54, 1.807) is 38.5 Å². The van der Waals surface area contributed by atoms with Crippen molar-refractivity contribution < 1.29 is 14.3 Å². The number of benzene rings is 2. The number of carbonyl (C=O) groups excluding carboxylic acids is 1. The van der Waals surface area contributed by atoms with E-state index in [9.17, 15) is 4.79 Å². The molecule has 1 N–H and O–H groups in total. The van der Waals surface area contributed by atoms with E-state index in [0.29, 0.717) is 23.6 Å². The molecule has 0 bridgehead atoms. The lowest BCUT2D eigenvalue weighted by molar-refractivity contribution is 0.0954. The fourth-order valence-electron chi connectivity index (χ4n) is 2.09. The number of carbonyl (C=O) groups is 1. The third kappa shape index (κ3) is 4.15. The second kappa shape index (κ2) is 7.71. The molecule has 0 atom stereocenters. The van der Waals surface area contributed by atoms with Gasteiger partial charge < -0.3 is 14.8 Å². The minimum atomic E-state index is -0.126. The van der Waals surface area contributed by atoms with Gasteiger partial charge >= 0.3 is 0 Å². The maximum Gasteiger partial charge on any atom is 0.251 e. The van der Waals surface area contributed by atoms with Gasteiger partial charge in [-0.3, -0.25) is 4.79 Å². The van der Waals surface area contributed by atoms with Crippen LogP contribution in [-0.2, 0) is 6.42 Å². The molecule has 0 fully saturated rings. The Kier molecular flexibility index (Phi) is 5.67. The van der Waals surface area contributed by atoms with Crippen LogP contribution in [-0.4, -0.2) is 26.7 Å². The van der Waals surface area contributed by atoms with Crippen molar-refractivity contribution in [3.8, 4) is 11.5 Å². The molecule has 2 aromatic rings. The molecule has 0 heterocycles. The summed E-state index contributed by atoms with van der Waals surface area (Å²) >= 11 is 5.81. The van der Waals surface area contributed by atoms with E-state index in [2.05, 4.69) is 5.32 Å². The summed E-state index contributed by atoms with van der Waals surface area (Å²) in [6.45, 7) is 0.505. The number of amides is 1. The van der Waals surface area contributed by atoms with Gasteiger partial charge in [-0.2, -0.15) is 0 Å². The highest BCUT2D eigenvalue weighted by Crippen LogP contribution is 2.24. The fraction of sp³-hybridized carbons (Fsp3) is 0.235. The number of hydrogen-bond acceptors (Lipinski definition) is 3. The molecule has 2 aromatic carbocycles. The van der Waals surface area contributed by atoms with Crippen molar-refractivity contribution in [1.29, 1.82) is 0 Å². The quantitative estimate of drug-likeness (QED) is 0.888. The molecule has 0 spiro atoms. The van der Waals surface area contributed by atoms with Crippen LogP contribution in [0.15, 0.2) is 42.5 Å². The molecule has 4 nitrogen and oxygen atoms in total. The average molecular weight is 320 g/mol. The van der Waals surface area contributed by atoms with Crippen molar-refractivity contribution in [2.45, 2.75) is 6.42 Å². The molecule has 5 heteroatoms. The molecule has 0 aliphatic carbocycles. The van der Waals surface area contributed by atoms with Gasteiger partial charge in [0.15, 0.2) is 0 Å². The summed E-state index contributed by atoms with van der Waals surface area (Å²) in [5.41, 5.74) is 1.57. The predicted molar refractivity (Wildman–Crippen MR) is 87.0 cm³/mol. The molecular weight excluding hydrogens is 302 g/mol. The molecular formula is C17H18ClNO3. The molecule has 1 amide bonds. The smallest absolute Gasteiger partial charge is 0.251 e. The van der Waals surface area contributed by atoms with E-state index in [-0.39, 0.29) is 5.91 Å². The molecule has 116 valence electrons. The summed E-state index contributed by atoms with van der Waals surface area (Å²) in [5.74, 6) is 1.42. The van der Waals surface area contributed by atoms with Gasteiger partial charge in [-0.15, -0.1) is 0 Å². The van der Waals surface area contributed by atoms with Gasteiger partial charge in [-0.05, 0) is 54.4 Å². The van der Waals surface area contributed by atoms with Gasteiger partial charge in [0.2, 0.25) is 0 Å². The first-order valence-corrected chi connectivity index (χ1v) is 7.26. The Hall–Kier alpha value is -2.20. The molecule has 22 heavy (non-hydrogen) atoms. The first-order valence-electron chi connectivity index (χ1n) is 6.88. The van der Waals surface area contributed by atoms with Crippen LogP contribution in [0.1, 0.15) is 15.9 Å². The number of ether oxygens (including phenoxy) is 2. The SMILES string of the molecule is COc1ccc(OC)c(CCNC(=O)c2ccc(Cl)cc2)c1. The summed E-state index contributed by atoms with van der Waals surface area (Å²) in [6.07, 6.45) is 0.652. The standard InChI is InChI=1S/C17H18ClNO3/c1-21-15-7-8-16(22-2)13(11-15)9-10-19-17(20)12-3-5-14(18)6-4-12/h3-8,11H,9-10H2,1-2H3,(H,19,20). The number of rotatable bonds is 6. The van der Waals surface area contributed by atoms with Crippen molar-refractivity contribution in [2.24, 2.45) is 0 Å². The zero-order valence-corrected chi connectivity index (χ0v) is 13.3. The summed E-state index contributed by atoms with van der Waals surface area (Å²) in [5, 5.41) is 3.49. The van der Waals surface area contributed by atoms with Crippen LogP contribution < -0.4 is 14.8 Å². The lowest BCUT2D eigenvalue weighted by Gasteiger charge is -2.11. The summed E-state index contributed by atoms with van der Waals surface area (Å²) in [6, 6.07) is 12.4. The van der Waals surface area contributed by atoms with Gasteiger partial charge in [0.05, 0.1) is 14.2 Å². The molecule has 0 aliphatic heterocycles. The summed E-state index contributed by atoms with van der Waals surface area (Å²) < 4.78 is 10.5. The molecule has 0 saturated carbocycles. The second-order valence-corrected chi connectivity index (χ2v) is 5.13. The molecule has 0 radical (unpaired) electrons. The second-order valence-electron chi connectivity index (χ2n) is 4.69. The number of nitrogens with one attached hydrogen (secondary N) is 1. The Balaban J connectivity index is 1.95. The molecule has 2 rings (SSSR count). The maximum atomic E-state index is 12.0. The Bertz CT molecular complexity index is 641. The lowest BCUT2D eigenvalue weighted by atomic mass is 10.1. The summed E-state index contributed by atoms with van der Waals surface area (Å²) in [4.78, 5) is 12.0. The number of hydrogen-bond donors (Lipinski definition) is 1. The Labute approximate surface area is 135 Å². The van der Waals surface area contributed by atoms with E-state index in [0.717, 1.165) is 17.1 Å². The van der Waals surface area contributed by atoms with Crippen molar-refractivity contribution >= 4 is 17.5 Å². The maximum absolute atomic E-state index is 12.0. The van der Waals surface area contributed by atoms with Crippen molar-refractivity contribution in [2.75, 3.05) is 20.8 Å².